The Morgan fingerprint density at radius 2 is 1.94 bits per heavy atom. The second kappa shape index (κ2) is 3.51. The van der Waals surface area contributed by atoms with Crippen molar-refractivity contribution in [2.45, 2.75) is 5.75 Å². The number of halogens is 1. The summed E-state index contributed by atoms with van der Waals surface area (Å²) < 4.78 is 50.7. The normalized spacial score (nSPS) is 17.3. The molecule has 1 aliphatic heterocycles. The lowest BCUT2D eigenvalue weighted by atomic mass is 10.2. The minimum Gasteiger partial charge on any atom is -0.212 e. The molecule has 1 aromatic rings. The molecule has 0 aromatic heterocycles. The molecular weight excluding hydrogens is 276 g/mol. The summed E-state index contributed by atoms with van der Waals surface area (Å²) in [5, 5.41) is 0.185. The van der Waals surface area contributed by atoms with Crippen molar-refractivity contribution >= 4 is 29.9 Å². The zero-order chi connectivity index (χ0) is 12.0. The molecular formula is C7H5ClN2O4S2. The second-order valence-corrected chi connectivity index (χ2v) is 7.14. The molecule has 16 heavy (non-hydrogen) atoms. The van der Waals surface area contributed by atoms with Gasteiger partial charge >= 0.3 is 10.2 Å². The monoisotopic (exact) mass is 280 g/mol. The molecule has 0 saturated carbocycles. The van der Waals surface area contributed by atoms with Crippen LogP contribution in [0.2, 0.25) is 0 Å². The number of hydrogen-bond acceptors (Lipinski definition) is 4. The lowest BCUT2D eigenvalue weighted by Gasteiger charge is -1.95. The highest BCUT2D eigenvalue weighted by molar-refractivity contribution is 8.13. The molecule has 0 radical (unpaired) electrons. The highest BCUT2D eigenvalue weighted by Crippen LogP contribution is 2.06. The van der Waals surface area contributed by atoms with Crippen LogP contribution in [0.15, 0.2) is 27.0 Å². The zero-order valence-corrected chi connectivity index (χ0v) is 10.0. The average Bonchev–Trinajstić information content (AvgIpc) is 2.37. The zero-order valence-electron chi connectivity index (χ0n) is 7.66. The number of nitrogens with zero attached hydrogens (tertiary/aromatic N) is 2. The molecule has 0 amide bonds. The number of hydrogen-bond donors (Lipinski definition) is 0. The van der Waals surface area contributed by atoms with Crippen LogP contribution in [0.25, 0.3) is 0 Å². The van der Waals surface area contributed by atoms with Gasteiger partial charge in [-0.05, 0) is 11.6 Å². The SMILES string of the molecule is O=S(=O)(Cl)Cc1cccc2c1=NS(=O)(=O)N=2. The van der Waals surface area contributed by atoms with Gasteiger partial charge in [0.05, 0.1) is 5.75 Å². The van der Waals surface area contributed by atoms with Crippen LogP contribution in [0.4, 0.5) is 0 Å². The summed E-state index contributed by atoms with van der Waals surface area (Å²) in [5.74, 6) is -0.480. The van der Waals surface area contributed by atoms with Gasteiger partial charge in [0.2, 0.25) is 9.05 Å². The minimum absolute atomic E-state index is 0.0479. The molecule has 2 rings (SSSR count). The van der Waals surface area contributed by atoms with Gasteiger partial charge in [-0.2, -0.15) is 8.42 Å². The van der Waals surface area contributed by atoms with E-state index in [1.165, 1.54) is 18.2 Å². The minimum atomic E-state index is -3.87. The summed E-state index contributed by atoms with van der Waals surface area (Å²) in [7, 11) is -2.54. The smallest absolute Gasteiger partial charge is 0.212 e. The largest absolute Gasteiger partial charge is 0.364 e. The first kappa shape index (κ1) is 11.5. The van der Waals surface area contributed by atoms with Crippen LogP contribution in [-0.4, -0.2) is 16.8 Å². The van der Waals surface area contributed by atoms with Crippen LogP contribution >= 0.6 is 10.7 Å². The molecule has 0 bridgehead atoms. The van der Waals surface area contributed by atoms with Crippen molar-refractivity contribution < 1.29 is 16.8 Å². The molecule has 86 valence electrons. The van der Waals surface area contributed by atoms with Crippen LogP contribution < -0.4 is 10.7 Å². The van der Waals surface area contributed by atoms with E-state index in [9.17, 15) is 16.8 Å². The van der Waals surface area contributed by atoms with Crippen LogP contribution in [0.5, 0.6) is 0 Å². The van der Waals surface area contributed by atoms with Gasteiger partial charge in [0, 0.05) is 10.7 Å². The Morgan fingerprint density at radius 1 is 1.25 bits per heavy atom. The van der Waals surface area contributed by atoms with Crippen LogP contribution in [-0.2, 0) is 25.0 Å². The molecule has 1 aliphatic rings. The molecule has 0 atom stereocenters. The van der Waals surface area contributed by atoms with Crippen molar-refractivity contribution in [3.63, 3.8) is 0 Å². The van der Waals surface area contributed by atoms with Crippen molar-refractivity contribution in [3.05, 3.63) is 34.5 Å². The highest BCUT2D eigenvalue weighted by atomic mass is 35.7. The van der Waals surface area contributed by atoms with E-state index < -0.39 is 25.0 Å². The molecule has 0 N–H and O–H groups in total. The Bertz CT molecular complexity index is 767. The first-order valence-electron chi connectivity index (χ1n) is 4.02. The van der Waals surface area contributed by atoms with E-state index in [0.717, 1.165) is 0 Å². The van der Waals surface area contributed by atoms with Crippen molar-refractivity contribution in [3.8, 4) is 0 Å². The van der Waals surface area contributed by atoms with E-state index in [-0.39, 0.29) is 16.3 Å². The van der Waals surface area contributed by atoms with Gasteiger partial charge in [-0.3, -0.25) is 0 Å². The van der Waals surface area contributed by atoms with E-state index in [2.05, 4.69) is 8.80 Å². The van der Waals surface area contributed by atoms with Gasteiger partial charge in [-0.1, -0.05) is 12.1 Å². The summed E-state index contributed by atoms with van der Waals surface area (Å²) in [6, 6.07) is 4.38. The fraction of sp³-hybridized carbons (Fsp3) is 0.143. The molecule has 6 nitrogen and oxygen atoms in total. The Hall–Kier alpha value is -0.990. The fourth-order valence-electron chi connectivity index (χ4n) is 1.32. The van der Waals surface area contributed by atoms with Gasteiger partial charge in [0.15, 0.2) is 0 Å². The van der Waals surface area contributed by atoms with Gasteiger partial charge in [-0.25, -0.2) is 8.42 Å². The van der Waals surface area contributed by atoms with Gasteiger partial charge in [0.1, 0.15) is 10.7 Å². The Labute approximate surface area is 95.9 Å². The maximum absolute atomic E-state index is 11.1. The molecule has 0 aliphatic carbocycles. The van der Waals surface area contributed by atoms with E-state index in [1.807, 2.05) is 0 Å². The average molecular weight is 281 g/mol. The van der Waals surface area contributed by atoms with Crippen molar-refractivity contribution in [1.29, 1.82) is 0 Å². The molecule has 9 heteroatoms. The highest BCUT2D eigenvalue weighted by Gasteiger charge is 2.17. The Kier molecular flexibility index (Phi) is 2.52. The summed E-state index contributed by atoms with van der Waals surface area (Å²) in [5.41, 5.74) is 0.220. The maximum Gasteiger partial charge on any atom is 0.364 e. The maximum atomic E-state index is 11.1. The van der Waals surface area contributed by atoms with Gasteiger partial charge < -0.3 is 0 Å². The molecule has 0 saturated heterocycles. The van der Waals surface area contributed by atoms with Crippen molar-refractivity contribution in [2.24, 2.45) is 8.80 Å². The first-order chi connectivity index (χ1) is 7.27. The fourth-order valence-corrected chi connectivity index (χ4v) is 3.15. The third-order valence-corrected chi connectivity index (χ3v) is 3.67. The quantitative estimate of drug-likeness (QED) is 0.667. The van der Waals surface area contributed by atoms with E-state index in [1.54, 1.807) is 0 Å². The number of benzene rings is 1. The summed E-state index contributed by atoms with van der Waals surface area (Å²) in [4.78, 5) is 0. The third-order valence-electron chi connectivity index (χ3n) is 1.85. The van der Waals surface area contributed by atoms with E-state index >= 15 is 0 Å². The van der Waals surface area contributed by atoms with Gasteiger partial charge in [-0.15, -0.1) is 8.80 Å². The molecule has 0 unspecified atom stereocenters. The Balaban J connectivity index is 2.73. The second-order valence-electron chi connectivity index (χ2n) is 3.10. The molecule has 0 fully saturated rings. The van der Waals surface area contributed by atoms with Crippen LogP contribution in [0, 0.1) is 0 Å². The lowest BCUT2D eigenvalue weighted by Crippen LogP contribution is -2.26. The van der Waals surface area contributed by atoms with Crippen LogP contribution in [0.3, 0.4) is 0 Å². The van der Waals surface area contributed by atoms with E-state index in [0.29, 0.717) is 0 Å². The number of fused-ring (bicyclic) bond motifs is 1. The van der Waals surface area contributed by atoms with Gasteiger partial charge in [0.25, 0.3) is 0 Å². The van der Waals surface area contributed by atoms with Crippen LogP contribution in [0.1, 0.15) is 5.56 Å². The molecule has 1 aromatic carbocycles. The van der Waals surface area contributed by atoms with Crippen molar-refractivity contribution in [1.82, 2.24) is 0 Å². The Morgan fingerprint density at radius 3 is 2.56 bits per heavy atom. The summed E-state index contributed by atoms with van der Waals surface area (Å²) in [6.45, 7) is 0. The predicted molar refractivity (Wildman–Crippen MR) is 56.2 cm³/mol. The summed E-state index contributed by atoms with van der Waals surface area (Å²) in [6.07, 6.45) is 0. The predicted octanol–water partition coefficient (Wildman–Crippen LogP) is -0.747. The topological polar surface area (TPSA) is 93.0 Å². The molecule has 1 heterocycles. The lowest BCUT2D eigenvalue weighted by molar-refractivity contribution is 0.599. The first-order valence-corrected chi connectivity index (χ1v) is 7.89. The number of rotatable bonds is 2. The van der Waals surface area contributed by atoms with Crippen molar-refractivity contribution in [2.75, 3.05) is 0 Å². The van der Waals surface area contributed by atoms with E-state index in [4.69, 9.17) is 10.7 Å². The molecule has 0 spiro atoms. The summed E-state index contributed by atoms with van der Waals surface area (Å²) >= 11 is 0. The third kappa shape index (κ3) is 2.39. The standard InChI is InChI=1S/C7H5ClN2O4S2/c8-15(11,12)4-5-2-1-3-6-7(5)10-16(13,14)9-6/h1-3H,4H2.